The number of hydrogen-bond donors (Lipinski definition) is 3. The number of ether oxygens (including phenoxy) is 3. The molecule has 9 heteroatoms. The van der Waals surface area contributed by atoms with Gasteiger partial charge in [-0.05, 0) is 79.8 Å². The van der Waals surface area contributed by atoms with E-state index in [1.165, 1.54) is 6.07 Å². The van der Waals surface area contributed by atoms with Crippen LogP contribution in [0.4, 0.5) is 4.39 Å². The van der Waals surface area contributed by atoms with Crippen molar-refractivity contribution in [1.82, 2.24) is 4.90 Å². The van der Waals surface area contributed by atoms with Crippen LogP contribution in [0.2, 0.25) is 0 Å². The molecule has 2 aliphatic rings. The number of morpholine rings is 1. The van der Waals surface area contributed by atoms with E-state index in [-0.39, 0.29) is 31.1 Å². The van der Waals surface area contributed by atoms with Crippen LogP contribution in [0.15, 0.2) is 36.4 Å². The highest BCUT2D eigenvalue weighted by Crippen LogP contribution is 2.53. The Balaban J connectivity index is 1.95. The molecular weight excluding hydrogens is 503 g/mol. The zero-order chi connectivity index (χ0) is 28.2. The minimum Gasteiger partial charge on any atom is -0.497 e. The van der Waals surface area contributed by atoms with Crippen molar-refractivity contribution in [2.45, 2.75) is 62.4 Å². The third-order valence-electron chi connectivity index (χ3n) is 8.43. The lowest BCUT2D eigenvalue weighted by molar-refractivity contribution is -0.246. The van der Waals surface area contributed by atoms with Crippen LogP contribution in [-0.2, 0) is 19.9 Å². The number of hydrogen-bond acceptors (Lipinski definition) is 7. The number of methoxy groups -OCH3 is 2. The van der Waals surface area contributed by atoms with Crippen molar-refractivity contribution >= 4 is 6.41 Å². The molecule has 39 heavy (non-hydrogen) atoms. The number of nitrogens with two attached hydrogens (primary N) is 1. The second-order valence-corrected chi connectivity index (χ2v) is 10.9. The number of amides is 1. The van der Waals surface area contributed by atoms with E-state index in [2.05, 4.69) is 0 Å². The Bertz CT molecular complexity index is 1140. The molecule has 2 aromatic carbocycles. The Kier molecular flexibility index (Phi) is 9.29. The van der Waals surface area contributed by atoms with Crippen LogP contribution in [0.25, 0.3) is 11.1 Å². The van der Waals surface area contributed by atoms with Crippen LogP contribution >= 0.6 is 0 Å². The molecule has 1 amide bonds. The maximum absolute atomic E-state index is 15.9. The number of aliphatic hydroxyl groups is 2. The fourth-order valence-corrected chi connectivity index (χ4v) is 6.50. The summed E-state index contributed by atoms with van der Waals surface area (Å²) >= 11 is 0. The zero-order valence-corrected chi connectivity index (χ0v) is 23.1. The minimum atomic E-state index is -1.73. The van der Waals surface area contributed by atoms with Crippen molar-refractivity contribution in [1.29, 1.82) is 0 Å². The van der Waals surface area contributed by atoms with E-state index in [9.17, 15) is 15.0 Å². The average Bonchev–Trinajstić information content (AvgIpc) is 3.28. The Hall–Kier alpha value is -2.56. The largest absolute Gasteiger partial charge is 0.497 e. The van der Waals surface area contributed by atoms with Gasteiger partial charge >= 0.3 is 0 Å². The summed E-state index contributed by atoms with van der Waals surface area (Å²) in [5, 5.41) is 23.7. The van der Waals surface area contributed by atoms with E-state index in [0.29, 0.717) is 55.7 Å². The molecule has 1 saturated carbocycles. The van der Waals surface area contributed by atoms with Crippen LogP contribution < -0.4 is 10.5 Å². The summed E-state index contributed by atoms with van der Waals surface area (Å²) in [7, 11) is 3.18. The molecule has 214 valence electrons. The van der Waals surface area contributed by atoms with Crippen LogP contribution in [0.1, 0.15) is 43.2 Å². The van der Waals surface area contributed by atoms with Gasteiger partial charge in [0.25, 0.3) is 0 Å². The van der Waals surface area contributed by atoms with Gasteiger partial charge < -0.3 is 35.1 Å². The van der Waals surface area contributed by atoms with Gasteiger partial charge in [-0.2, -0.15) is 0 Å². The molecule has 2 aromatic rings. The summed E-state index contributed by atoms with van der Waals surface area (Å²) in [6.45, 7) is 3.07. The fourth-order valence-electron chi connectivity index (χ4n) is 6.50. The van der Waals surface area contributed by atoms with Gasteiger partial charge in [-0.3, -0.25) is 4.79 Å². The van der Waals surface area contributed by atoms with Crippen molar-refractivity contribution in [2.75, 3.05) is 40.5 Å². The summed E-state index contributed by atoms with van der Waals surface area (Å²) in [5.41, 5.74) is 5.26. The topological polar surface area (TPSA) is 114 Å². The van der Waals surface area contributed by atoms with Gasteiger partial charge in [-0.1, -0.05) is 18.2 Å². The molecule has 0 aromatic heterocycles. The monoisotopic (exact) mass is 544 g/mol. The van der Waals surface area contributed by atoms with Crippen molar-refractivity contribution in [3.63, 3.8) is 0 Å². The van der Waals surface area contributed by atoms with Gasteiger partial charge in [-0.15, -0.1) is 0 Å². The summed E-state index contributed by atoms with van der Waals surface area (Å²) in [5.74, 6) is -0.291. The normalized spacial score (nSPS) is 26.8. The number of aliphatic hydroxyl groups excluding tert-OH is 1. The van der Waals surface area contributed by atoms with Crippen LogP contribution in [-0.4, -0.2) is 79.8 Å². The number of nitrogens with zero attached hydrogens (tertiary/aromatic N) is 1. The van der Waals surface area contributed by atoms with E-state index in [0.717, 1.165) is 12.0 Å². The predicted molar refractivity (Wildman–Crippen MR) is 146 cm³/mol. The number of aryl methyl sites for hydroxylation is 1. The Morgan fingerprint density at radius 2 is 2.05 bits per heavy atom. The molecule has 1 aliphatic heterocycles. The van der Waals surface area contributed by atoms with Crippen LogP contribution in [0.5, 0.6) is 5.75 Å². The smallest absolute Gasteiger partial charge is 0.209 e. The lowest BCUT2D eigenvalue weighted by atomic mass is 9.65. The standard InChI is InChI=1S/C30H41FN2O6/c1-20-13-21(15-23(14-20)38-3)28-24(7-6-8-25(28)31)29(36,9-4-5-11-37-2)30(18-33(19-34)10-12-39-30)22-16-26(32)27(35)17-22/h6-8,13-15,19,22,26-27,35-36H,4-5,9-12,16-18,32H2,1-3H3/t22-,26+,27-,29+,30-/m0/s1. The molecule has 1 heterocycles. The van der Waals surface area contributed by atoms with Crippen LogP contribution in [0, 0.1) is 18.7 Å². The number of carbonyl (C=O) groups excluding carboxylic acids is 1. The predicted octanol–water partition coefficient (Wildman–Crippen LogP) is 3.14. The number of carbonyl (C=O) groups is 1. The first-order valence-electron chi connectivity index (χ1n) is 13.6. The molecule has 0 unspecified atom stereocenters. The summed E-state index contributed by atoms with van der Waals surface area (Å²) < 4.78 is 33.2. The highest BCUT2D eigenvalue weighted by Gasteiger charge is 2.61. The minimum absolute atomic E-state index is 0.0917. The first-order valence-corrected chi connectivity index (χ1v) is 13.6. The van der Waals surface area contributed by atoms with E-state index in [1.54, 1.807) is 37.3 Å². The average molecular weight is 545 g/mol. The van der Waals surface area contributed by atoms with Gasteiger partial charge in [0.1, 0.15) is 22.8 Å². The highest BCUT2D eigenvalue weighted by atomic mass is 19.1. The van der Waals surface area contributed by atoms with Crippen molar-refractivity contribution in [3.8, 4) is 16.9 Å². The lowest BCUT2D eigenvalue weighted by Gasteiger charge is -2.55. The molecule has 4 rings (SSSR count). The second-order valence-electron chi connectivity index (χ2n) is 10.9. The van der Waals surface area contributed by atoms with Gasteiger partial charge in [0.05, 0.1) is 26.4 Å². The van der Waals surface area contributed by atoms with Gasteiger partial charge in [0, 0.05) is 31.9 Å². The number of unbranched alkanes of at least 4 members (excludes halogenated alkanes) is 1. The molecule has 2 fully saturated rings. The van der Waals surface area contributed by atoms with E-state index in [4.69, 9.17) is 19.9 Å². The lowest BCUT2D eigenvalue weighted by Crippen LogP contribution is -2.66. The highest BCUT2D eigenvalue weighted by molar-refractivity contribution is 5.72. The van der Waals surface area contributed by atoms with Crippen molar-refractivity contribution in [2.24, 2.45) is 11.7 Å². The van der Waals surface area contributed by atoms with E-state index in [1.807, 2.05) is 19.1 Å². The molecule has 4 N–H and O–H groups in total. The molecule has 1 saturated heterocycles. The molecule has 8 nitrogen and oxygen atoms in total. The van der Waals surface area contributed by atoms with Crippen LogP contribution in [0.3, 0.4) is 0 Å². The fraction of sp³-hybridized carbons (Fsp3) is 0.567. The van der Waals surface area contributed by atoms with E-state index < -0.39 is 29.2 Å². The third-order valence-corrected chi connectivity index (χ3v) is 8.43. The van der Waals surface area contributed by atoms with Crippen molar-refractivity contribution in [3.05, 3.63) is 53.3 Å². The number of halogens is 1. The second kappa shape index (κ2) is 12.3. The Morgan fingerprint density at radius 3 is 2.72 bits per heavy atom. The quantitative estimate of drug-likeness (QED) is 0.294. The maximum atomic E-state index is 15.9. The molecular formula is C30H41FN2O6. The third kappa shape index (κ3) is 5.69. The number of benzene rings is 2. The maximum Gasteiger partial charge on any atom is 0.209 e. The summed E-state index contributed by atoms with van der Waals surface area (Å²) in [6.07, 6.45) is 2.14. The van der Waals surface area contributed by atoms with Crippen molar-refractivity contribution < 1.29 is 33.6 Å². The molecule has 5 atom stereocenters. The summed E-state index contributed by atoms with van der Waals surface area (Å²) in [4.78, 5) is 13.6. The van der Waals surface area contributed by atoms with E-state index >= 15 is 4.39 Å². The number of rotatable bonds is 11. The van der Waals surface area contributed by atoms with Gasteiger partial charge in [0.15, 0.2) is 0 Å². The first kappa shape index (κ1) is 29.4. The SMILES string of the molecule is COCCCC[C@@](O)(c1cccc(F)c1-c1cc(C)cc(OC)c1)[C@@]1([C@H]2C[C@@H](N)[C@@H](O)C2)CN(C=O)CCO1. The van der Waals surface area contributed by atoms with Gasteiger partial charge in [0.2, 0.25) is 6.41 Å². The summed E-state index contributed by atoms with van der Waals surface area (Å²) in [6, 6.07) is 9.67. The Labute approximate surface area is 229 Å². The zero-order valence-electron chi connectivity index (χ0n) is 23.1. The van der Waals surface area contributed by atoms with Gasteiger partial charge in [-0.25, -0.2) is 4.39 Å². The molecule has 0 bridgehead atoms. The molecule has 1 aliphatic carbocycles. The Morgan fingerprint density at radius 1 is 1.26 bits per heavy atom. The first-order chi connectivity index (χ1) is 18.7. The molecule has 0 radical (unpaired) electrons. The molecule has 0 spiro atoms.